The molecule has 0 saturated carbocycles. The summed E-state index contributed by atoms with van der Waals surface area (Å²) in [5.41, 5.74) is 0.438. The third-order valence-electron chi connectivity index (χ3n) is 3.41. The molecule has 0 aliphatic carbocycles. The van der Waals surface area contributed by atoms with E-state index in [9.17, 15) is 22.0 Å². The fourth-order valence-electron chi connectivity index (χ4n) is 2.09. The Morgan fingerprint density at radius 3 is 2.41 bits per heavy atom. The molecule has 27 heavy (non-hydrogen) atoms. The van der Waals surface area contributed by atoms with E-state index in [1.54, 1.807) is 24.3 Å². The minimum absolute atomic E-state index is 0.0974. The number of carbonyl (C=O) groups is 1. The van der Waals surface area contributed by atoms with Crippen molar-refractivity contribution in [3.05, 3.63) is 65.2 Å². The lowest BCUT2D eigenvalue weighted by molar-refractivity contribution is -0.137. The molecule has 2 aromatic rings. The van der Waals surface area contributed by atoms with Gasteiger partial charge in [-0.3, -0.25) is 0 Å². The lowest BCUT2D eigenvalue weighted by Crippen LogP contribution is -2.19. The van der Waals surface area contributed by atoms with E-state index in [-0.39, 0.29) is 6.61 Å². The molecule has 0 heterocycles. The van der Waals surface area contributed by atoms with Gasteiger partial charge in [0.2, 0.25) is 9.84 Å². The van der Waals surface area contributed by atoms with Gasteiger partial charge in [-0.15, -0.1) is 0 Å². The number of esters is 1. The summed E-state index contributed by atoms with van der Waals surface area (Å²) in [5, 5.41) is 2.63. The number of anilines is 1. The largest absolute Gasteiger partial charge is 0.497 e. The fraction of sp³-hybridized carbons (Fsp3) is 0.167. The van der Waals surface area contributed by atoms with Gasteiger partial charge >= 0.3 is 5.97 Å². The highest BCUT2D eigenvalue weighted by Crippen LogP contribution is 2.25. The van der Waals surface area contributed by atoms with Gasteiger partial charge < -0.3 is 14.8 Å². The van der Waals surface area contributed by atoms with Crippen molar-refractivity contribution in [3.8, 4) is 5.75 Å². The number of carbonyl (C=O) groups excluding carboxylic acids is 1. The number of ether oxygens (including phenoxy) is 2. The lowest BCUT2D eigenvalue weighted by Gasteiger charge is -2.11. The second-order valence-electron chi connectivity index (χ2n) is 5.18. The summed E-state index contributed by atoms with van der Waals surface area (Å²) in [5.74, 6) is -2.76. The number of hydrogen-bond donors (Lipinski definition) is 1. The molecule has 2 rings (SSSR count). The molecule has 144 valence electrons. The second kappa shape index (κ2) is 8.63. The van der Waals surface area contributed by atoms with Crippen LogP contribution in [-0.2, 0) is 19.4 Å². The highest BCUT2D eigenvalue weighted by atomic mass is 32.2. The van der Waals surface area contributed by atoms with Crippen molar-refractivity contribution in [2.24, 2.45) is 0 Å². The number of sulfone groups is 1. The van der Waals surface area contributed by atoms with Gasteiger partial charge in [0.05, 0.1) is 13.7 Å². The standard InChI is InChI=1S/C18H17F2NO5S/c1-3-26-18(22)17(11-21-13-5-7-14(25-2)8-6-13)27(23,24)16-10-12(19)4-9-15(16)20/h4-11,21H,3H2,1-2H3. The third kappa shape index (κ3) is 4.82. The van der Waals surface area contributed by atoms with Gasteiger partial charge in [-0.25, -0.2) is 22.0 Å². The van der Waals surface area contributed by atoms with Crippen molar-refractivity contribution < 1.29 is 31.5 Å². The normalized spacial score (nSPS) is 11.8. The average molecular weight is 397 g/mol. The molecule has 0 unspecified atom stereocenters. The summed E-state index contributed by atoms with van der Waals surface area (Å²) in [6.07, 6.45) is 0.874. The molecule has 0 amide bonds. The van der Waals surface area contributed by atoms with Crippen LogP contribution in [0.3, 0.4) is 0 Å². The van der Waals surface area contributed by atoms with Crippen LogP contribution >= 0.6 is 0 Å². The Balaban J connectivity index is 2.46. The monoisotopic (exact) mass is 397 g/mol. The van der Waals surface area contributed by atoms with Crippen LogP contribution in [-0.4, -0.2) is 28.1 Å². The maximum atomic E-state index is 14.0. The number of halogens is 2. The minimum atomic E-state index is -4.67. The van der Waals surface area contributed by atoms with E-state index >= 15 is 0 Å². The van der Waals surface area contributed by atoms with Crippen LogP contribution in [0.15, 0.2) is 58.5 Å². The van der Waals surface area contributed by atoms with Gasteiger partial charge in [0.15, 0.2) is 4.91 Å². The Labute approximate surface area is 155 Å². The van der Waals surface area contributed by atoms with E-state index in [1.165, 1.54) is 14.0 Å². The first kappa shape index (κ1) is 20.4. The minimum Gasteiger partial charge on any atom is -0.497 e. The lowest BCUT2D eigenvalue weighted by atomic mass is 10.3. The molecule has 2 aromatic carbocycles. The van der Waals surface area contributed by atoms with E-state index in [2.05, 4.69) is 5.32 Å². The van der Waals surface area contributed by atoms with E-state index in [1.807, 2.05) is 0 Å². The molecule has 0 spiro atoms. The summed E-state index contributed by atoms with van der Waals surface area (Å²) >= 11 is 0. The number of methoxy groups -OCH3 is 1. The van der Waals surface area contributed by atoms with Crippen molar-refractivity contribution in [1.29, 1.82) is 0 Å². The predicted molar refractivity (Wildman–Crippen MR) is 94.9 cm³/mol. The van der Waals surface area contributed by atoms with E-state index in [0.29, 0.717) is 23.6 Å². The van der Waals surface area contributed by atoms with E-state index in [4.69, 9.17) is 9.47 Å². The first-order valence-corrected chi connectivity index (χ1v) is 9.26. The quantitative estimate of drug-likeness (QED) is 0.571. The Hall–Kier alpha value is -2.94. The Morgan fingerprint density at radius 1 is 1.15 bits per heavy atom. The first-order valence-electron chi connectivity index (χ1n) is 7.77. The van der Waals surface area contributed by atoms with Crippen LogP contribution in [0.4, 0.5) is 14.5 Å². The highest BCUT2D eigenvalue weighted by molar-refractivity contribution is 7.96. The average Bonchev–Trinajstić information content (AvgIpc) is 2.64. The molecule has 9 heteroatoms. The molecular weight excluding hydrogens is 380 g/mol. The van der Waals surface area contributed by atoms with Crippen molar-refractivity contribution >= 4 is 21.5 Å². The molecule has 6 nitrogen and oxygen atoms in total. The van der Waals surface area contributed by atoms with Crippen molar-refractivity contribution in [3.63, 3.8) is 0 Å². The SMILES string of the molecule is CCOC(=O)C(=CNc1ccc(OC)cc1)S(=O)(=O)c1cc(F)ccc1F. The van der Waals surface area contributed by atoms with Gasteiger partial charge in [0.25, 0.3) is 0 Å². The molecule has 0 radical (unpaired) electrons. The Bertz CT molecular complexity index is 956. The summed E-state index contributed by atoms with van der Waals surface area (Å²) < 4.78 is 62.6. The molecule has 0 aliphatic rings. The topological polar surface area (TPSA) is 81.7 Å². The van der Waals surface area contributed by atoms with Crippen LogP contribution in [0.5, 0.6) is 5.75 Å². The molecule has 1 N–H and O–H groups in total. The van der Waals surface area contributed by atoms with E-state index in [0.717, 1.165) is 12.3 Å². The third-order valence-corrected chi connectivity index (χ3v) is 5.16. The zero-order chi connectivity index (χ0) is 20.0. The second-order valence-corrected chi connectivity index (χ2v) is 7.07. The summed E-state index contributed by atoms with van der Waals surface area (Å²) in [7, 11) is -3.19. The van der Waals surface area contributed by atoms with Gasteiger partial charge in [0, 0.05) is 11.9 Å². The molecular formula is C18H17F2NO5S. The fourth-order valence-corrected chi connectivity index (χ4v) is 3.41. The van der Waals surface area contributed by atoms with Crippen LogP contribution in [0.2, 0.25) is 0 Å². The van der Waals surface area contributed by atoms with Crippen LogP contribution in [0, 0.1) is 11.6 Å². The van der Waals surface area contributed by atoms with Gasteiger partial charge in [-0.2, -0.15) is 0 Å². The number of benzene rings is 2. The summed E-state index contributed by atoms with van der Waals surface area (Å²) in [4.78, 5) is 10.3. The smallest absolute Gasteiger partial charge is 0.351 e. The molecule has 0 atom stereocenters. The van der Waals surface area contributed by atoms with Gasteiger partial charge in [0.1, 0.15) is 22.3 Å². The molecule has 0 fully saturated rings. The molecule has 0 aliphatic heterocycles. The Morgan fingerprint density at radius 2 is 1.81 bits per heavy atom. The maximum Gasteiger partial charge on any atom is 0.351 e. The molecule has 0 bridgehead atoms. The van der Waals surface area contributed by atoms with E-state index < -0.39 is 37.2 Å². The van der Waals surface area contributed by atoms with Gasteiger partial charge in [-0.1, -0.05) is 0 Å². The van der Waals surface area contributed by atoms with Crippen molar-refractivity contribution in [2.45, 2.75) is 11.8 Å². The van der Waals surface area contributed by atoms with Crippen LogP contribution in [0.25, 0.3) is 0 Å². The summed E-state index contributed by atoms with van der Waals surface area (Å²) in [6, 6.07) is 8.33. The predicted octanol–water partition coefficient (Wildman–Crippen LogP) is 3.26. The molecule has 0 saturated heterocycles. The van der Waals surface area contributed by atoms with Crippen molar-refractivity contribution in [1.82, 2.24) is 0 Å². The zero-order valence-corrected chi connectivity index (χ0v) is 15.3. The van der Waals surface area contributed by atoms with Crippen LogP contribution in [0.1, 0.15) is 6.92 Å². The van der Waals surface area contributed by atoms with Crippen LogP contribution < -0.4 is 10.1 Å². The van der Waals surface area contributed by atoms with Gasteiger partial charge in [-0.05, 0) is 49.4 Å². The number of hydrogen-bond acceptors (Lipinski definition) is 6. The maximum absolute atomic E-state index is 14.0. The molecule has 0 aromatic heterocycles. The summed E-state index contributed by atoms with van der Waals surface area (Å²) in [6.45, 7) is 1.39. The number of rotatable bonds is 7. The number of nitrogens with one attached hydrogen (secondary N) is 1. The highest BCUT2D eigenvalue weighted by Gasteiger charge is 2.31. The first-order chi connectivity index (χ1) is 12.8. The van der Waals surface area contributed by atoms with Crippen molar-refractivity contribution in [2.75, 3.05) is 19.0 Å². The zero-order valence-electron chi connectivity index (χ0n) is 14.5. The Kier molecular flexibility index (Phi) is 6.51.